The third kappa shape index (κ3) is 3.40. The van der Waals surface area contributed by atoms with E-state index in [9.17, 15) is 0 Å². The second-order valence-electron chi connectivity index (χ2n) is 4.40. The maximum atomic E-state index is 5.22. The Morgan fingerprint density at radius 3 is 2.85 bits per heavy atom. The van der Waals surface area contributed by atoms with E-state index in [4.69, 9.17) is 6.42 Å². The summed E-state index contributed by atoms with van der Waals surface area (Å²) in [6.07, 6.45) is 8.70. The Morgan fingerprint density at radius 2 is 2.31 bits per heavy atom. The van der Waals surface area contributed by atoms with Gasteiger partial charge in [-0.2, -0.15) is 0 Å². The van der Waals surface area contributed by atoms with E-state index < -0.39 is 0 Å². The molecule has 1 atom stereocenters. The Labute approximate surface area is 82.5 Å². The molecule has 74 valence electrons. The van der Waals surface area contributed by atoms with Gasteiger partial charge in [-0.25, -0.2) is 0 Å². The molecular weight excluding hydrogens is 158 g/mol. The molecule has 1 nitrogen and oxygen atoms in total. The van der Waals surface area contributed by atoms with Crippen molar-refractivity contribution in [2.45, 2.75) is 33.1 Å². The second kappa shape index (κ2) is 5.29. The molecule has 0 aliphatic carbocycles. The maximum absolute atomic E-state index is 5.22. The van der Waals surface area contributed by atoms with Gasteiger partial charge in [0.05, 0.1) is 0 Å². The fraction of sp³-hybridized carbons (Fsp3) is 0.833. The molecular formula is C12H21N. The summed E-state index contributed by atoms with van der Waals surface area (Å²) < 4.78 is 0. The number of unbranched alkanes of at least 4 members (excludes halogenated alkanes) is 1. The first-order chi connectivity index (χ1) is 6.24. The van der Waals surface area contributed by atoms with Crippen LogP contribution in [-0.2, 0) is 0 Å². The minimum absolute atomic E-state index is 0.845. The van der Waals surface area contributed by atoms with Crippen LogP contribution in [0.25, 0.3) is 0 Å². The van der Waals surface area contributed by atoms with Crippen molar-refractivity contribution >= 4 is 0 Å². The average molecular weight is 179 g/mol. The molecule has 1 aliphatic heterocycles. The highest BCUT2D eigenvalue weighted by molar-refractivity contribution is 4.84. The Bertz CT molecular complexity index is 178. The van der Waals surface area contributed by atoms with Crippen molar-refractivity contribution in [3.05, 3.63) is 0 Å². The lowest BCUT2D eigenvalue weighted by Gasteiger charge is -2.16. The van der Waals surface area contributed by atoms with Crippen molar-refractivity contribution in [1.82, 2.24) is 4.90 Å². The molecule has 0 aromatic carbocycles. The van der Waals surface area contributed by atoms with Gasteiger partial charge in [0.15, 0.2) is 0 Å². The summed E-state index contributed by atoms with van der Waals surface area (Å²) in [5, 5.41) is 0. The third-order valence-electron chi connectivity index (χ3n) is 3.05. The predicted molar refractivity (Wildman–Crippen MR) is 57.5 cm³/mol. The van der Waals surface area contributed by atoms with Crippen LogP contribution in [0, 0.1) is 24.2 Å². The lowest BCUT2D eigenvalue weighted by molar-refractivity contribution is 0.301. The molecule has 1 fully saturated rings. The van der Waals surface area contributed by atoms with Gasteiger partial charge < -0.3 is 4.90 Å². The Hall–Kier alpha value is -0.480. The fourth-order valence-electron chi connectivity index (χ4n) is 2.01. The normalized spacial score (nSPS) is 23.7. The lowest BCUT2D eigenvalue weighted by atomic mass is 9.95. The quantitative estimate of drug-likeness (QED) is 0.473. The van der Waals surface area contributed by atoms with Crippen molar-refractivity contribution in [2.75, 3.05) is 19.6 Å². The van der Waals surface area contributed by atoms with E-state index in [-0.39, 0.29) is 0 Å². The summed E-state index contributed by atoms with van der Waals surface area (Å²) >= 11 is 0. The van der Waals surface area contributed by atoms with Crippen LogP contribution < -0.4 is 0 Å². The molecule has 1 heteroatoms. The van der Waals surface area contributed by atoms with Crippen LogP contribution in [0.4, 0.5) is 0 Å². The van der Waals surface area contributed by atoms with Crippen molar-refractivity contribution < 1.29 is 0 Å². The van der Waals surface area contributed by atoms with Crippen LogP contribution in [0.1, 0.15) is 33.1 Å². The predicted octanol–water partition coefficient (Wildman–Crippen LogP) is 2.38. The van der Waals surface area contributed by atoms with E-state index in [0.29, 0.717) is 0 Å². The van der Waals surface area contributed by atoms with Gasteiger partial charge in [-0.3, -0.25) is 0 Å². The Kier molecular flexibility index (Phi) is 4.32. The van der Waals surface area contributed by atoms with Gasteiger partial charge in [-0.05, 0) is 37.8 Å². The molecule has 1 unspecified atom stereocenters. The third-order valence-corrected chi connectivity index (χ3v) is 3.05. The van der Waals surface area contributed by atoms with E-state index in [1.165, 1.54) is 32.5 Å². The lowest BCUT2D eigenvalue weighted by Crippen LogP contribution is -2.22. The maximum Gasteiger partial charge on any atom is 0.00982 e. The zero-order valence-electron chi connectivity index (χ0n) is 8.92. The first-order valence-electron chi connectivity index (χ1n) is 5.40. The first kappa shape index (κ1) is 10.6. The Morgan fingerprint density at radius 1 is 1.54 bits per heavy atom. The van der Waals surface area contributed by atoms with Crippen molar-refractivity contribution in [2.24, 2.45) is 11.8 Å². The molecule has 13 heavy (non-hydrogen) atoms. The summed E-state index contributed by atoms with van der Waals surface area (Å²) in [5.74, 6) is 4.47. The largest absolute Gasteiger partial charge is 0.303 e. The Balaban J connectivity index is 2.15. The van der Waals surface area contributed by atoms with Gasteiger partial charge >= 0.3 is 0 Å². The summed E-state index contributed by atoms with van der Waals surface area (Å²) in [4.78, 5) is 2.56. The van der Waals surface area contributed by atoms with Crippen molar-refractivity contribution in [3.63, 3.8) is 0 Å². The van der Waals surface area contributed by atoms with E-state index in [0.717, 1.165) is 18.3 Å². The van der Waals surface area contributed by atoms with Gasteiger partial charge in [0, 0.05) is 13.0 Å². The number of hydrogen-bond acceptors (Lipinski definition) is 1. The molecule has 1 saturated heterocycles. The highest BCUT2D eigenvalue weighted by Crippen LogP contribution is 2.23. The van der Waals surface area contributed by atoms with Crippen LogP contribution in [0.5, 0.6) is 0 Å². The SMILES string of the molecule is C#CCCCN1CCC(C(C)C)C1. The van der Waals surface area contributed by atoms with Crippen LogP contribution in [-0.4, -0.2) is 24.5 Å². The number of nitrogens with zero attached hydrogens (tertiary/aromatic N) is 1. The zero-order valence-corrected chi connectivity index (χ0v) is 8.92. The number of rotatable bonds is 4. The minimum Gasteiger partial charge on any atom is -0.303 e. The number of terminal acetylenes is 1. The smallest absolute Gasteiger partial charge is 0.00982 e. The molecule has 1 aliphatic rings. The van der Waals surface area contributed by atoms with E-state index in [2.05, 4.69) is 24.7 Å². The van der Waals surface area contributed by atoms with E-state index in [1.807, 2.05) is 0 Å². The molecule has 1 rings (SSSR count). The van der Waals surface area contributed by atoms with E-state index in [1.54, 1.807) is 0 Å². The second-order valence-corrected chi connectivity index (χ2v) is 4.40. The fourth-order valence-corrected chi connectivity index (χ4v) is 2.01. The van der Waals surface area contributed by atoms with Crippen molar-refractivity contribution in [3.8, 4) is 12.3 Å². The summed E-state index contributed by atoms with van der Waals surface area (Å²) in [5.41, 5.74) is 0. The van der Waals surface area contributed by atoms with Crippen molar-refractivity contribution in [1.29, 1.82) is 0 Å². The standard InChI is InChI=1S/C12H21N/c1-4-5-6-8-13-9-7-12(10-13)11(2)3/h1,11-12H,5-10H2,2-3H3. The van der Waals surface area contributed by atoms with Crippen LogP contribution in [0.2, 0.25) is 0 Å². The number of likely N-dealkylation sites (tertiary alicyclic amines) is 1. The highest BCUT2D eigenvalue weighted by atomic mass is 15.1. The molecule has 0 aromatic heterocycles. The molecule has 0 amide bonds. The van der Waals surface area contributed by atoms with Gasteiger partial charge in [-0.15, -0.1) is 12.3 Å². The molecule has 0 radical (unpaired) electrons. The topological polar surface area (TPSA) is 3.24 Å². The minimum atomic E-state index is 0.845. The van der Waals surface area contributed by atoms with Gasteiger partial charge in [0.1, 0.15) is 0 Å². The zero-order chi connectivity index (χ0) is 9.68. The van der Waals surface area contributed by atoms with E-state index >= 15 is 0 Å². The van der Waals surface area contributed by atoms with Gasteiger partial charge in [-0.1, -0.05) is 13.8 Å². The molecule has 0 spiro atoms. The van der Waals surface area contributed by atoms with Crippen LogP contribution in [0.15, 0.2) is 0 Å². The van der Waals surface area contributed by atoms with Crippen LogP contribution >= 0.6 is 0 Å². The summed E-state index contributed by atoms with van der Waals surface area (Å²) in [7, 11) is 0. The average Bonchev–Trinajstić information content (AvgIpc) is 2.53. The van der Waals surface area contributed by atoms with Gasteiger partial charge in [0.2, 0.25) is 0 Å². The first-order valence-corrected chi connectivity index (χ1v) is 5.40. The molecule has 0 aromatic rings. The summed E-state index contributed by atoms with van der Waals surface area (Å²) in [6.45, 7) is 8.44. The highest BCUT2D eigenvalue weighted by Gasteiger charge is 2.23. The molecule has 1 heterocycles. The molecule has 0 N–H and O–H groups in total. The monoisotopic (exact) mass is 179 g/mol. The summed E-state index contributed by atoms with van der Waals surface area (Å²) in [6, 6.07) is 0. The number of hydrogen-bond donors (Lipinski definition) is 0. The van der Waals surface area contributed by atoms with Crippen LogP contribution in [0.3, 0.4) is 0 Å². The van der Waals surface area contributed by atoms with Gasteiger partial charge in [0.25, 0.3) is 0 Å². The molecule has 0 saturated carbocycles. The molecule has 0 bridgehead atoms.